The summed E-state index contributed by atoms with van der Waals surface area (Å²) >= 11 is 30.6. The Kier molecular flexibility index (Phi) is 8.75. The summed E-state index contributed by atoms with van der Waals surface area (Å²) in [4.78, 5) is -1.04. The molecule has 21 heavy (non-hydrogen) atoms. The van der Waals surface area contributed by atoms with E-state index < -0.39 is 11.0 Å². The lowest BCUT2D eigenvalue weighted by Crippen LogP contribution is -2.20. The number of hydrogen-bond acceptors (Lipinski definition) is 0. The normalized spacial score (nSPS) is 19.6. The summed E-state index contributed by atoms with van der Waals surface area (Å²) in [7, 11) is 0. The quantitative estimate of drug-likeness (QED) is 0.275. The molecule has 122 valence electrons. The van der Waals surface area contributed by atoms with Crippen LogP contribution in [-0.2, 0) is 0 Å². The van der Waals surface area contributed by atoms with E-state index in [1.807, 2.05) is 0 Å². The predicted octanol–water partition coefficient (Wildman–Crippen LogP) is 7.83. The molecule has 0 fully saturated rings. The molecule has 0 aromatic carbocycles. The van der Waals surface area contributed by atoms with Gasteiger partial charge in [0.05, 0.1) is 20.1 Å². The smallest absolute Gasteiger partial charge is 0.118 e. The van der Waals surface area contributed by atoms with Crippen LogP contribution in [0.3, 0.4) is 0 Å². The van der Waals surface area contributed by atoms with Gasteiger partial charge in [0.1, 0.15) is 11.0 Å². The number of rotatable bonds is 9. The molecule has 1 aliphatic rings. The van der Waals surface area contributed by atoms with Crippen LogP contribution < -0.4 is 0 Å². The Morgan fingerprint density at radius 1 is 0.905 bits per heavy atom. The van der Waals surface area contributed by atoms with Gasteiger partial charge in [-0.05, 0) is 19.3 Å². The molecule has 0 aliphatic heterocycles. The van der Waals surface area contributed by atoms with Gasteiger partial charge in [-0.1, -0.05) is 85.4 Å². The summed E-state index contributed by atoms with van der Waals surface area (Å²) in [5.74, 6) is 0. The molecule has 0 heterocycles. The second-order valence-corrected chi connectivity index (χ2v) is 7.55. The van der Waals surface area contributed by atoms with Crippen molar-refractivity contribution >= 4 is 58.0 Å². The first kappa shape index (κ1) is 19.9. The van der Waals surface area contributed by atoms with Gasteiger partial charge in [0.15, 0.2) is 0 Å². The fourth-order valence-electron chi connectivity index (χ4n) is 2.35. The Morgan fingerprint density at radius 2 is 1.38 bits per heavy atom. The largest absolute Gasteiger partial charge is 0.247 e. The summed E-state index contributed by atoms with van der Waals surface area (Å²) in [6.07, 6.45) is 5.55. The molecular formula is C15H20Cl5F. The Hall–Kier alpha value is 0.860. The number of halogens is 6. The molecule has 0 nitrogen and oxygen atoms in total. The van der Waals surface area contributed by atoms with Gasteiger partial charge in [-0.25, -0.2) is 4.39 Å². The molecule has 6 heteroatoms. The minimum absolute atomic E-state index is 0.210. The topological polar surface area (TPSA) is 0 Å². The molecule has 0 radical (unpaired) electrons. The first-order valence-corrected chi connectivity index (χ1v) is 9.18. The second kappa shape index (κ2) is 9.23. The van der Waals surface area contributed by atoms with E-state index in [4.69, 9.17) is 58.0 Å². The first-order chi connectivity index (χ1) is 9.84. The summed E-state index contributed by atoms with van der Waals surface area (Å²) in [5, 5.41) is 0.948. The van der Waals surface area contributed by atoms with E-state index in [0.717, 1.165) is 32.1 Å². The first-order valence-electron chi connectivity index (χ1n) is 7.29. The van der Waals surface area contributed by atoms with Crippen LogP contribution in [-0.4, -0.2) is 11.0 Å². The fraction of sp³-hybridized carbons (Fsp3) is 0.733. The van der Waals surface area contributed by atoms with E-state index in [0.29, 0.717) is 19.3 Å². The molecule has 0 saturated carbocycles. The molecular weight excluding hydrogens is 376 g/mol. The highest BCUT2D eigenvalue weighted by Crippen LogP contribution is 2.53. The highest BCUT2D eigenvalue weighted by Gasteiger charge is 2.43. The lowest BCUT2D eigenvalue weighted by molar-refractivity contribution is 0.279. The van der Waals surface area contributed by atoms with Crippen molar-refractivity contribution in [3.8, 4) is 0 Å². The molecule has 0 aromatic rings. The lowest BCUT2D eigenvalue weighted by Gasteiger charge is -2.22. The number of alkyl halides is 2. The van der Waals surface area contributed by atoms with Crippen molar-refractivity contribution in [3.63, 3.8) is 0 Å². The van der Waals surface area contributed by atoms with Gasteiger partial charge in [-0.15, -0.1) is 11.6 Å². The third kappa shape index (κ3) is 5.18. The third-order valence-corrected chi connectivity index (χ3v) is 6.51. The summed E-state index contributed by atoms with van der Waals surface area (Å²) in [5.41, 5.74) is 0. The number of hydrogen-bond donors (Lipinski definition) is 0. The van der Waals surface area contributed by atoms with E-state index in [1.54, 1.807) is 0 Å². The van der Waals surface area contributed by atoms with E-state index in [9.17, 15) is 4.39 Å². The molecule has 0 amide bonds. The van der Waals surface area contributed by atoms with Gasteiger partial charge < -0.3 is 0 Å². The van der Waals surface area contributed by atoms with Crippen LogP contribution >= 0.6 is 58.0 Å². The highest BCUT2D eigenvalue weighted by molar-refractivity contribution is 6.58. The molecule has 0 bridgehead atoms. The Balaban J connectivity index is 2.36. The average Bonchev–Trinajstić information content (AvgIpc) is 2.60. The van der Waals surface area contributed by atoms with Crippen molar-refractivity contribution in [2.75, 3.05) is 0 Å². The Labute approximate surface area is 151 Å². The zero-order valence-electron chi connectivity index (χ0n) is 12.0. The monoisotopic (exact) mass is 394 g/mol. The van der Waals surface area contributed by atoms with Crippen LogP contribution in [0.5, 0.6) is 0 Å². The Morgan fingerprint density at radius 3 is 1.86 bits per heavy atom. The zero-order chi connectivity index (χ0) is 16.0. The summed E-state index contributed by atoms with van der Waals surface area (Å²) < 4.78 is 13.7. The van der Waals surface area contributed by atoms with Gasteiger partial charge in [0.25, 0.3) is 0 Å². The van der Waals surface area contributed by atoms with Gasteiger partial charge in [0.2, 0.25) is 0 Å². The maximum absolute atomic E-state index is 13.7. The fourth-order valence-corrected chi connectivity index (χ4v) is 3.99. The third-order valence-electron chi connectivity index (χ3n) is 3.68. The molecule has 1 aliphatic carbocycles. The zero-order valence-corrected chi connectivity index (χ0v) is 15.8. The van der Waals surface area contributed by atoms with Crippen molar-refractivity contribution in [1.82, 2.24) is 0 Å². The minimum Gasteiger partial charge on any atom is -0.247 e. The van der Waals surface area contributed by atoms with E-state index in [2.05, 4.69) is 6.92 Å². The van der Waals surface area contributed by atoms with Crippen LogP contribution in [0.2, 0.25) is 0 Å². The second-order valence-electron chi connectivity index (χ2n) is 5.40. The molecule has 1 unspecified atom stereocenters. The van der Waals surface area contributed by atoms with Gasteiger partial charge in [0, 0.05) is 0 Å². The van der Waals surface area contributed by atoms with Crippen molar-refractivity contribution in [3.05, 3.63) is 20.1 Å². The Bertz CT molecular complexity index is 392. The maximum atomic E-state index is 13.7. The lowest BCUT2D eigenvalue weighted by atomic mass is 9.99. The van der Waals surface area contributed by atoms with Gasteiger partial charge >= 0.3 is 0 Å². The van der Waals surface area contributed by atoms with Crippen LogP contribution in [0.25, 0.3) is 0 Å². The molecule has 0 saturated heterocycles. The van der Waals surface area contributed by atoms with Crippen LogP contribution in [0, 0.1) is 0 Å². The maximum Gasteiger partial charge on any atom is 0.118 e. The van der Waals surface area contributed by atoms with E-state index >= 15 is 0 Å². The van der Waals surface area contributed by atoms with E-state index in [1.165, 1.54) is 0 Å². The molecule has 1 rings (SSSR count). The molecule has 0 spiro atoms. The minimum atomic E-state index is -1.04. The summed E-state index contributed by atoms with van der Waals surface area (Å²) in [6.45, 7) is 2.11. The van der Waals surface area contributed by atoms with Crippen LogP contribution in [0.1, 0.15) is 58.3 Å². The van der Waals surface area contributed by atoms with Crippen LogP contribution in [0.15, 0.2) is 20.1 Å². The predicted molar refractivity (Wildman–Crippen MR) is 93.6 cm³/mol. The average molecular weight is 397 g/mol. The SMILES string of the molecule is CCCCCC(F)CCCCC1(Cl)C(Cl)=C(Cl)C(Cl)=C1Cl. The highest BCUT2D eigenvalue weighted by atomic mass is 35.5. The van der Waals surface area contributed by atoms with Gasteiger partial charge in [-0.3, -0.25) is 0 Å². The molecule has 0 aromatic heterocycles. The van der Waals surface area contributed by atoms with Crippen molar-refractivity contribution in [1.29, 1.82) is 0 Å². The molecule has 1 atom stereocenters. The van der Waals surface area contributed by atoms with Crippen molar-refractivity contribution < 1.29 is 4.39 Å². The summed E-state index contributed by atoms with van der Waals surface area (Å²) in [6, 6.07) is 0. The number of allylic oxidation sites excluding steroid dienone is 4. The van der Waals surface area contributed by atoms with E-state index in [-0.39, 0.29) is 20.1 Å². The molecule has 0 N–H and O–H groups in total. The van der Waals surface area contributed by atoms with Crippen LogP contribution in [0.4, 0.5) is 4.39 Å². The number of unbranched alkanes of at least 4 members (excludes halogenated alkanes) is 3. The van der Waals surface area contributed by atoms with Crippen molar-refractivity contribution in [2.24, 2.45) is 0 Å². The van der Waals surface area contributed by atoms with Crippen molar-refractivity contribution in [2.45, 2.75) is 69.3 Å². The standard InChI is InChI=1S/C15H20Cl5F/c1-2-3-4-7-10(21)8-5-6-9-15(20)13(18)11(16)12(17)14(15)19/h10H,2-9H2,1H3. The van der Waals surface area contributed by atoms with Gasteiger partial charge in [-0.2, -0.15) is 0 Å².